The molecule has 0 aromatic carbocycles. The van der Waals surface area contributed by atoms with E-state index in [1.54, 1.807) is 23.0 Å². The van der Waals surface area contributed by atoms with Gasteiger partial charge in [-0.25, -0.2) is 0 Å². The van der Waals surface area contributed by atoms with Gasteiger partial charge in [0.1, 0.15) is 0 Å². The first kappa shape index (κ1) is 10.4. The lowest BCUT2D eigenvalue weighted by molar-refractivity contribution is 0.770. The zero-order chi connectivity index (χ0) is 10.8. The van der Waals surface area contributed by atoms with E-state index in [9.17, 15) is 4.79 Å². The number of rotatable bonds is 2. The highest BCUT2D eigenvalue weighted by atomic mass is 79.9. The van der Waals surface area contributed by atoms with Crippen molar-refractivity contribution in [1.82, 2.24) is 8.94 Å². The molecule has 0 saturated heterocycles. The second-order valence-electron chi connectivity index (χ2n) is 3.03. The minimum absolute atomic E-state index is 0.0653. The lowest BCUT2D eigenvalue weighted by Crippen LogP contribution is -2.19. The fourth-order valence-electron chi connectivity index (χ4n) is 1.18. The minimum Gasteiger partial charge on any atom is -0.398 e. The largest absolute Gasteiger partial charge is 0.398 e. The molecule has 15 heavy (non-hydrogen) atoms. The maximum Gasteiger partial charge on any atom is 0.250 e. The van der Waals surface area contributed by atoms with Crippen LogP contribution in [-0.4, -0.2) is 8.94 Å². The summed E-state index contributed by atoms with van der Waals surface area (Å²) < 4.78 is 6.50. The predicted molar refractivity (Wildman–Crippen MR) is 64.0 cm³/mol. The first-order valence-electron chi connectivity index (χ1n) is 4.22. The molecule has 0 amide bonds. The van der Waals surface area contributed by atoms with E-state index in [4.69, 9.17) is 5.73 Å². The molecule has 2 rings (SSSR count). The van der Waals surface area contributed by atoms with Gasteiger partial charge in [-0.15, -0.1) is 0 Å². The van der Waals surface area contributed by atoms with E-state index in [0.29, 0.717) is 12.2 Å². The smallest absolute Gasteiger partial charge is 0.250 e. The fourth-order valence-corrected chi connectivity index (χ4v) is 2.39. The van der Waals surface area contributed by atoms with Crippen LogP contribution in [0.1, 0.15) is 4.88 Å². The van der Waals surface area contributed by atoms with Crippen LogP contribution in [0, 0.1) is 0 Å². The van der Waals surface area contributed by atoms with Crippen LogP contribution in [0.3, 0.4) is 0 Å². The predicted octanol–water partition coefficient (Wildman–Crippen LogP) is 1.70. The van der Waals surface area contributed by atoms with Gasteiger partial charge in [0.15, 0.2) is 0 Å². The summed E-state index contributed by atoms with van der Waals surface area (Å²) in [5.74, 6) is 0. The zero-order valence-corrected chi connectivity index (χ0v) is 10.1. The van der Waals surface area contributed by atoms with Crippen LogP contribution in [0.15, 0.2) is 33.8 Å². The number of halogens is 1. The van der Waals surface area contributed by atoms with Gasteiger partial charge in [0, 0.05) is 18.0 Å². The lowest BCUT2D eigenvalue weighted by atomic mass is 10.4. The number of nitrogens with two attached hydrogens (primary N) is 1. The SMILES string of the molecule is Nc1ccc(=O)n(Cc2sncc2Br)c1. The number of hydrogen-bond acceptors (Lipinski definition) is 4. The molecule has 0 fully saturated rings. The van der Waals surface area contributed by atoms with E-state index < -0.39 is 0 Å². The molecule has 0 saturated carbocycles. The third-order valence-corrected chi connectivity index (χ3v) is 3.64. The third-order valence-electron chi connectivity index (χ3n) is 1.92. The number of hydrogen-bond donors (Lipinski definition) is 1. The van der Waals surface area contributed by atoms with Gasteiger partial charge in [-0.05, 0) is 33.5 Å². The Bertz CT molecular complexity index is 534. The molecule has 0 aliphatic carbocycles. The number of pyridine rings is 1. The van der Waals surface area contributed by atoms with Gasteiger partial charge in [0.2, 0.25) is 0 Å². The van der Waals surface area contributed by atoms with E-state index in [0.717, 1.165) is 9.35 Å². The van der Waals surface area contributed by atoms with E-state index >= 15 is 0 Å². The van der Waals surface area contributed by atoms with Crippen molar-refractivity contribution >= 4 is 33.1 Å². The summed E-state index contributed by atoms with van der Waals surface area (Å²) in [6, 6.07) is 3.06. The summed E-state index contributed by atoms with van der Waals surface area (Å²) in [6.45, 7) is 0.495. The van der Waals surface area contributed by atoms with Gasteiger partial charge in [-0.2, -0.15) is 4.37 Å². The number of nitrogen functional groups attached to an aromatic ring is 1. The molecule has 2 aromatic rings. The van der Waals surface area contributed by atoms with Crippen LogP contribution in [0.2, 0.25) is 0 Å². The fraction of sp³-hybridized carbons (Fsp3) is 0.111. The summed E-state index contributed by atoms with van der Waals surface area (Å²) in [6.07, 6.45) is 3.35. The van der Waals surface area contributed by atoms with E-state index in [1.807, 2.05) is 0 Å². The summed E-state index contributed by atoms with van der Waals surface area (Å²) in [5.41, 5.74) is 6.12. The number of nitrogens with zero attached hydrogens (tertiary/aromatic N) is 2. The molecule has 6 heteroatoms. The molecule has 4 nitrogen and oxygen atoms in total. The van der Waals surface area contributed by atoms with Crippen LogP contribution < -0.4 is 11.3 Å². The normalized spacial score (nSPS) is 10.5. The van der Waals surface area contributed by atoms with Crippen molar-refractivity contribution in [3.8, 4) is 0 Å². The standard InChI is InChI=1S/C9H8BrN3OS/c10-7-3-12-15-8(7)5-13-4-6(11)1-2-9(13)14/h1-4H,5,11H2. The van der Waals surface area contributed by atoms with Gasteiger partial charge in [-0.1, -0.05) is 0 Å². The highest BCUT2D eigenvalue weighted by Gasteiger charge is 2.04. The summed E-state index contributed by atoms with van der Waals surface area (Å²) >= 11 is 4.73. The molecule has 2 N–H and O–H groups in total. The first-order valence-corrected chi connectivity index (χ1v) is 5.78. The van der Waals surface area contributed by atoms with E-state index in [2.05, 4.69) is 20.3 Å². The molecule has 0 spiro atoms. The highest BCUT2D eigenvalue weighted by Crippen LogP contribution is 2.20. The Balaban J connectivity index is 2.36. The van der Waals surface area contributed by atoms with Crippen LogP contribution in [0.4, 0.5) is 5.69 Å². The Hall–Kier alpha value is -1.14. The second-order valence-corrected chi connectivity index (χ2v) is 4.77. The maximum atomic E-state index is 11.5. The second kappa shape index (κ2) is 4.16. The molecular weight excluding hydrogens is 278 g/mol. The zero-order valence-electron chi connectivity index (χ0n) is 7.68. The molecule has 2 heterocycles. The van der Waals surface area contributed by atoms with Gasteiger partial charge in [-0.3, -0.25) is 4.79 Å². The molecule has 0 radical (unpaired) electrons. The van der Waals surface area contributed by atoms with Crippen LogP contribution in [0.25, 0.3) is 0 Å². The highest BCUT2D eigenvalue weighted by molar-refractivity contribution is 9.10. The average Bonchev–Trinajstić information content (AvgIpc) is 2.58. The maximum absolute atomic E-state index is 11.5. The van der Waals surface area contributed by atoms with Gasteiger partial charge in [0.25, 0.3) is 5.56 Å². The van der Waals surface area contributed by atoms with Crippen LogP contribution in [-0.2, 0) is 6.54 Å². The van der Waals surface area contributed by atoms with Crippen LogP contribution >= 0.6 is 27.5 Å². The molecule has 0 bridgehead atoms. The summed E-state index contributed by atoms with van der Waals surface area (Å²) in [5, 5.41) is 0. The molecule has 0 aliphatic rings. The van der Waals surface area contributed by atoms with Crippen molar-refractivity contribution in [2.45, 2.75) is 6.54 Å². The monoisotopic (exact) mass is 285 g/mol. The Morgan fingerprint density at radius 3 is 3.00 bits per heavy atom. The Labute approximate surface area is 98.7 Å². The minimum atomic E-state index is -0.0653. The van der Waals surface area contributed by atoms with Crippen molar-refractivity contribution in [2.24, 2.45) is 0 Å². The number of aromatic nitrogens is 2. The summed E-state index contributed by atoms with van der Waals surface area (Å²) in [7, 11) is 0. The van der Waals surface area contributed by atoms with Crippen molar-refractivity contribution in [3.05, 3.63) is 44.2 Å². The first-order chi connectivity index (χ1) is 7.16. The van der Waals surface area contributed by atoms with Gasteiger partial charge < -0.3 is 10.3 Å². The average molecular weight is 286 g/mol. The molecule has 2 aromatic heterocycles. The number of anilines is 1. The quantitative estimate of drug-likeness (QED) is 0.914. The van der Waals surface area contributed by atoms with Gasteiger partial charge >= 0.3 is 0 Å². The Morgan fingerprint density at radius 2 is 2.33 bits per heavy atom. The van der Waals surface area contributed by atoms with Gasteiger partial charge in [0.05, 0.1) is 22.1 Å². The topological polar surface area (TPSA) is 60.9 Å². The Kier molecular flexibility index (Phi) is 2.88. The third kappa shape index (κ3) is 2.27. The Morgan fingerprint density at radius 1 is 1.53 bits per heavy atom. The molecule has 0 aliphatic heterocycles. The van der Waals surface area contributed by atoms with Crippen LogP contribution in [0.5, 0.6) is 0 Å². The van der Waals surface area contributed by atoms with Crippen molar-refractivity contribution < 1.29 is 0 Å². The lowest BCUT2D eigenvalue weighted by Gasteiger charge is -2.04. The summed E-state index contributed by atoms with van der Waals surface area (Å²) in [4.78, 5) is 12.5. The van der Waals surface area contributed by atoms with Crippen molar-refractivity contribution in [1.29, 1.82) is 0 Å². The molecule has 0 atom stereocenters. The molecule has 0 unspecified atom stereocenters. The molecular formula is C9H8BrN3OS. The van der Waals surface area contributed by atoms with E-state index in [-0.39, 0.29) is 5.56 Å². The van der Waals surface area contributed by atoms with Crippen molar-refractivity contribution in [3.63, 3.8) is 0 Å². The van der Waals surface area contributed by atoms with E-state index in [1.165, 1.54) is 17.6 Å². The molecule has 78 valence electrons. The van der Waals surface area contributed by atoms with Crippen molar-refractivity contribution in [2.75, 3.05) is 5.73 Å².